The highest BCUT2D eigenvalue weighted by molar-refractivity contribution is 14.1. The second-order valence-corrected chi connectivity index (χ2v) is 5.46. The number of alkyl halides is 1. The van der Waals surface area contributed by atoms with Gasteiger partial charge >= 0.3 is 0 Å². The van der Waals surface area contributed by atoms with Crippen LogP contribution in [0.2, 0.25) is 0 Å². The molecule has 0 radical (unpaired) electrons. The van der Waals surface area contributed by atoms with Crippen molar-refractivity contribution in [2.24, 2.45) is 0 Å². The molecular weight excluding hydrogens is 377 g/mol. The summed E-state index contributed by atoms with van der Waals surface area (Å²) in [5, 5.41) is 12.4. The minimum atomic E-state index is -0.338. The van der Waals surface area contributed by atoms with Crippen molar-refractivity contribution in [3.8, 4) is 5.75 Å². The van der Waals surface area contributed by atoms with Crippen LogP contribution in [-0.2, 0) is 5.88 Å². The molecule has 0 spiro atoms. The van der Waals surface area contributed by atoms with Crippen molar-refractivity contribution in [3.63, 3.8) is 0 Å². The van der Waals surface area contributed by atoms with Crippen LogP contribution in [0.3, 0.4) is 0 Å². The average molecular weight is 388 g/mol. The molecule has 5 heteroatoms. The molecule has 3 nitrogen and oxygen atoms in total. The Bertz CT molecular complexity index is 599. The van der Waals surface area contributed by atoms with Gasteiger partial charge in [-0.3, -0.25) is 4.79 Å². The van der Waals surface area contributed by atoms with E-state index in [-0.39, 0.29) is 17.2 Å². The SMILES string of the molecule is O=C(Nc1ccc(CCl)cc1)c1cc(I)ccc1O. The van der Waals surface area contributed by atoms with E-state index < -0.39 is 0 Å². The van der Waals surface area contributed by atoms with E-state index in [1.54, 1.807) is 24.3 Å². The molecule has 0 fully saturated rings. The van der Waals surface area contributed by atoms with Crippen LogP contribution in [0.25, 0.3) is 0 Å². The molecule has 0 unspecified atom stereocenters. The lowest BCUT2D eigenvalue weighted by atomic mass is 10.1. The molecule has 2 aromatic carbocycles. The lowest BCUT2D eigenvalue weighted by molar-refractivity contribution is 0.102. The van der Waals surface area contributed by atoms with E-state index >= 15 is 0 Å². The van der Waals surface area contributed by atoms with Crippen LogP contribution in [0.5, 0.6) is 5.75 Å². The molecule has 0 aliphatic rings. The van der Waals surface area contributed by atoms with E-state index in [4.69, 9.17) is 11.6 Å². The van der Waals surface area contributed by atoms with Gasteiger partial charge < -0.3 is 10.4 Å². The van der Waals surface area contributed by atoms with Crippen LogP contribution < -0.4 is 5.32 Å². The first-order valence-corrected chi connectivity index (χ1v) is 7.16. The fourth-order valence-electron chi connectivity index (χ4n) is 1.57. The molecule has 0 saturated heterocycles. The van der Waals surface area contributed by atoms with Crippen molar-refractivity contribution in [1.29, 1.82) is 0 Å². The van der Waals surface area contributed by atoms with Crippen LogP contribution in [-0.4, -0.2) is 11.0 Å². The van der Waals surface area contributed by atoms with E-state index in [0.29, 0.717) is 11.6 Å². The zero-order chi connectivity index (χ0) is 13.8. The second kappa shape index (κ2) is 6.25. The van der Waals surface area contributed by atoms with Gasteiger partial charge in [-0.2, -0.15) is 0 Å². The molecule has 19 heavy (non-hydrogen) atoms. The summed E-state index contributed by atoms with van der Waals surface area (Å²) in [5.74, 6) is 0.0660. The highest BCUT2D eigenvalue weighted by Crippen LogP contribution is 2.21. The number of halogens is 2. The number of carbonyl (C=O) groups is 1. The highest BCUT2D eigenvalue weighted by atomic mass is 127. The monoisotopic (exact) mass is 387 g/mol. The summed E-state index contributed by atoms with van der Waals surface area (Å²) in [7, 11) is 0. The third kappa shape index (κ3) is 3.61. The Hall–Kier alpha value is -1.27. The first kappa shape index (κ1) is 14.1. The number of nitrogens with one attached hydrogen (secondary N) is 1. The molecule has 0 aliphatic heterocycles. The van der Waals surface area contributed by atoms with Crippen molar-refractivity contribution in [2.45, 2.75) is 5.88 Å². The summed E-state index contributed by atoms with van der Waals surface area (Å²) in [6, 6.07) is 12.1. The Labute approximate surface area is 129 Å². The van der Waals surface area contributed by atoms with Gasteiger partial charge in [-0.25, -0.2) is 0 Å². The smallest absolute Gasteiger partial charge is 0.259 e. The molecule has 0 aromatic heterocycles. The fraction of sp³-hybridized carbons (Fsp3) is 0.0714. The van der Waals surface area contributed by atoms with Gasteiger partial charge in [0.05, 0.1) is 5.56 Å². The van der Waals surface area contributed by atoms with Crippen molar-refractivity contribution >= 4 is 45.8 Å². The molecule has 0 atom stereocenters. The summed E-state index contributed by atoms with van der Waals surface area (Å²) < 4.78 is 0.887. The maximum Gasteiger partial charge on any atom is 0.259 e. The predicted molar refractivity (Wildman–Crippen MR) is 84.8 cm³/mol. The topological polar surface area (TPSA) is 49.3 Å². The molecular formula is C14H11ClINO2. The molecule has 98 valence electrons. The largest absolute Gasteiger partial charge is 0.507 e. The fourth-order valence-corrected chi connectivity index (χ4v) is 2.24. The number of hydrogen-bond acceptors (Lipinski definition) is 2. The number of hydrogen-bond donors (Lipinski definition) is 2. The predicted octanol–water partition coefficient (Wildman–Crippen LogP) is 3.99. The normalized spacial score (nSPS) is 10.2. The number of phenolic OH excluding ortho intramolecular Hbond substituents is 1. The summed E-state index contributed by atoms with van der Waals surface area (Å²) in [4.78, 5) is 12.0. The van der Waals surface area contributed by atoms with Crippen LogP contribution in [0.4, 0.5) is 5.69 Å². The van der Waals surface area contributed by atoms with E-state index in [1.807, 2.05) is 12.1 Å². The summed E-state index contributed by atoms with van der Waals surface area (Å²) in [5.41, 5.74) is 1.90. The van der Waals surface area contributed by atoms with Crippen LogP contribution in [0.1, 0.15) is 15.9 Å². The third-order valence-electron chi connectivity index (χ3n) is 2.57. The lowest BCUT2D eigenvalue weighted by Gasteiger charge is -2.07. The maximum atomic E-state index is 12.0. The number of benzene rings is 2. The minimum Gasteiger partial charge on any atom is -0.507 e. The number of carbonyl (C=O) groups excluding carboxylic acids is 1. The minimum absolute atomic E-state index is 0.0321. The quantitative estimate of drug-likeness (QED) is 0.618. The zero-order valence-electron chi connectivity index (χ0n) is 9.86. The molecule has 0 aliphatic carbocycles. The number of phenols is 1. The van der Waals surface area contributed by atoms with Gasteiger partial charge in [0.25, 0.3) is 5.91 Å². The zero-order valence-corrected chi connectivity index (χ0v) is 12.8. The number of amides is 1. The first-order valence-electron chi connectivity index (χ1n) is 5.55. The number of anilines is 1. The van der Waals surface area contributed by atoms with Crippen LogP contribution in [0, 0.1) is 3.57 Å². The van der Waals surface area contributed by atoms with Crippen molar-refractivity contribution in [1.82, 2.24) is 0 Å². The second-order valence-electron chi connectivity index (χ2n) is 3.95. The van der Waals surface area contributed by atoms with Gasteiger partial charge in [0.1, 0.15) is 5.75 Å². The van der Waals surface area contributed by atoms with Gasteiger partial charge in [0.2, 0.25) is 0 Å². The molecule has 2 aromatic rings. The molecule has 0 saturated carbocycles. The number of aromatic hydroxyl groups is 1. The van der Waals surface area contributed by atoms with E-state index in [9.17, 15) is 9.90 Å². The summed E-state index contributed by atoms with van der Waals surface area (Å²) >= 11 is 7.79. The van der Waals surface area contributed by atoms with Gasteiger partial charge in [-0.05, 0) is 58.5 Å². The first-order chi connectivity index (χ1) is 9.10. The lowest BCUT2D eigenvalue weighted by Crippen LogP contribution is -2.12. The molecule has 2 N–H and O–H groups in total. The van der Waals surface area contributed by atoms with Gasteiger partial charge in [-0.1, -0.05) is 12.1 Å². The molecule has 0 heterocycles. The Balaban J connectivity index is 2.18. The third-order valence-corrected chi connectivity index (χ3v) is 3.55. The van der Waals surface area contributed by atoms with Crippen molar-refractivity contribution in [2.75, 3.05) is 5.32 Å². The Morgan fingerprint density at radius 2 is 1.89 bits per heavy atom. The standard InChI is InChI=1S/C14H11ClINO2/c15-8-9-1-4-11(5-2-9)17-14(19)12-7-10(16)3-6-13(12)18/h1-7,18H,8H2,(H,17,19). The van der Waals surface area contributed by atoms with E-state index in [1.165, 1.54) is 6.07 Å². The van der Waals surface area contributed by atoms with Crippen LogP contribution in [0.15, 0.2) is 42.5 Å². The van der Waals surface area contributed by atoms with Gasteiger partial charge in [0, 0.05) is 15.1 Å². The molecule has 2 rings (SSSR count). The Kier molecular flexibility index (Phi) is 4.66. The van der Waals surface area contributed by atoms with Crippen LogP contribution >= 0.6 is 34.2 Å². The average Bonchev–Trinajstić information content (AvgIpc) is 2.42. The van der Waals surface area contributed by atoms with Crippen molar-refractivity contribution < 1.29 is 9.90 Å². The van der Waals surface area contributed by atoms with Gasteiger partial charge in [-0.15, -0.1) is 11.6 Å². The Morgan fingerprint density at radius 3 is 2.53 bits per heavy atom. The van der Waals surface area contributed by atoms with E-state index in [0.717, 1.165) is 9.13 Å². The molecule has 1 amide bonds. The van der Waals surface area contributed by atoms with E-state index in [2.05, 4.69) is 27.9 Å². The summed E-state index contributed by atoms with van der Waals surface area (Å²) in [6.07, 6.45) is 0. The maximum absolute atomic E-state index is 12.0. The molecule has 0 bridgehead atoms. The highest BCUT2D eigenvalue weighted by Gasteiger charge is 2.11. The summed E-state index contributed by atoms with van der Waals surface area (Å²) in [6.45, 7) is 0. The number of rotatable bonds is 3. The van der Waals surface area contributed by atoms with Gasteiger partial charge in [0.15, 0.2) is 0 Å². The Morgan fingerprint density at radius 1 is 1.21 bits per heavy atom. The van der Waals surface area contributed by atoms with Crippen molar-refractivity contribution in [3.05, 3.63) is 57.2 Å².